The second kappa shape index (κ2) is 10.9. The first kappa shape index (κ1) is 25.9. The van der Waals surface area contributed by atoms with Crippen LogP contribution in [0.3, 0.4) is 0 Å². The normalized spacial score (nSPS) is 14.5. The average molecular weight is 586 g/mol. The van der Waals surface area contributed by atoms with E-state index in [4.69, 9.17) is 26.2 Å². The Kier molecular flexibility index (Phi) is 7.61. The summed E-state index contributed by atoms with van der Waals surface area (Å²) in [5, 5.41) is 11.5. The number of ether oxygens (including phenoxy) is 2. The second-order valence-electron chi connectivity index (χ2n) is 7.76. The maximum atomic E-state index is 13.1. The van der Waals surface area contributed by atoms with Gasteiger partial charge in [0.15, 0.2) is 11.5 Å². The molecule has 1 saturated heterocycles. The van der Waals surface area contributed by atoms with E-state index in [1.54, 1.807) is 36.4 Å². The first-order chi connectivity index (χ1) is 17.7. The summed E-state index contributed by atoms with van der Waals surface area (Å²) < 4.78 is 11.8. The largest absolute Gasteiger partial charge is 0.493 e. The number of benzene rings is 3. The molecule has 0 atom stereocenters. The summed E-state index contributed by atoms with van der Waals surface area (Å²) in [4.78, 5) is 49.9. The number of urea groups is 1. The van der Waals surface area contributed by atoms with E-state index >= 15 is 0 Å². The Labute approximate surface area is 224 Å². The molecule has 1 aliphatic heterocycles. The Morgan fingerprint density at radius 3 is 2.49 bits per heavy atom. The minimum Gasteiger partial charge on any atom is -0.493 e. The lowest BCUT2D eigenvalue weighted by Gasteiger charge is -2.26. The van der Waals surface area contributed by atoms with Crippen LogP contribution < -0.4 is 19.7 Å². The molecular formula is C26H18BrClN2O7. The van der Waals surface area contributed by atoms with Gasteiger partial charge in [-0.15, -0.1) is 0 Å². The summed E-state index contributed by atoms with van der Waals surface area (Å²) in [5.41, 5.74) is 1.28. The van der Waals surface area contributed by atoms with Gasteiger partial charge in [0.25, 0.3) is 11.8 Å². The van der Waals surface area contributed by atoms with Crippen molar-refractivity contribution in [1.29, 1.82) is 0 Å². The van der Waals surface area contributed by atoms with Gasteiger partial charge in [-0.3, -0.25) is 14.9 Å². The van der Waals surface area contributed by atoms with Crippen molar-refractivity contribution in [3.63, 3.8) is 0 Å². The number of anilines is 1. The molecular weight excluding hydrogens is 568 g/mol. The molecule has 0 saturated carbocycles. The van der Waals surface area contributed by atoms with Crippen molar-refractivity contribution in [1.82, 2.24) is 5.32 Å². The molecule has 0 unspecified atom stereocenters. The summed E-state index contributed by atoms with van der Waals surface area (Å²) >= 11 is 9.43. The first-order valence-corrected chi connectivity index (χ1v) is 11.8. The van der Waals surface area contributed by atoms with Gasteiger partial charge in [-0.25, -0.2) is 14.5 Å². The van der Waals surface area contributed by atoms with Crippen LogP contribution in [0.4, 0.5) is 10.5 Å². The van der Waals surface area contributed by atoms with Crippen molar-refractivity contribution in [2.24, 2.45) is 0 Å². The number of halogens is 2. The number of barbiturate groups is 1. The zero-order valence-electron chi connectivity index (χ0n) is 19.2. The number of amides is 4. The van der Waals surface area contributed by atoms with Crippen LogP contribution in [0.1, 0.15) is 21.5 Å². The van der Waals surface area contributed by atoms with Crippen molar-refractivity contribution >= 4 is 63.1 Å². The molecule has 0 radical (unpaired) electrons. The third-order valence-electron chi connectivity index (χ3n) is 5.31. The molecule has 4 rings (SSSR count). The van der Waals surface area contributed by atoms with Gasteiger partial charge in [0.1, 0.15) is 12.2 Å². The predicted molar refractivity (Wildman–Crippen MR) is 139 cm³/mol. The Hall–Kier alpha value is -4.15. The van der Waals surface area contributed by atoms with Crippen molar-refractivity contribution in [2.75, 3.05) is 12.0 Å². The minimum atomic E-state index is -1.02. The number of carbonyl (C=O) groups is 4. The first-order valence-electron chi connectivity index (χ1n) is 10.7. The van der Waals surface area contributed by atoms with Crippen LogP contribution in [0.5, 0.6) is 11.5 Å². The number of carbonyl (C=O) groups excluding carboxylic acids is 3. The number of hydrogen-bond acceptors (Lipinski definition) is 6. The summed E-state index contributed by atoms with van der Waals surface area (Å²) in [6, 6.07) is 14.7. The van der Waals surface area contributed by atoms with E-state index in [0.29, 0.717) is 26.6 Å². The lowest BCUT2D eigenvalue weighted by atomic mass is 10.1. The number of carboxylic acids is 1. The van der Waals surface area contributed by atoms with Crippen LogP contribution in [0.25, 0.3) is 6.08 Å². The Bertz CT molecular complexity index is 1450. The van der Waals surface area contributed by atoms with E-state index in [1.807, 2.05) is 0 Å². The van der Waals surface area contributed by atoms with Gasteiger partial charge in [0.2, 0.25) is 0 Å². The summed E-state index contributed by atoms with van der Waals surface area (Å²) in [6.45, 7) is 0.132. The zero-order valence-corrected chi connectivity index (χ0v) is 21.5. The van der Waals surface area contributed by atoms with E-state index in [1.165, 1.54) is 37.5 Å². The Morgan fingerprint density at radius 2 is 1.84 bits per heavy atom. The van der Waals surface area contributed by atoms with E-state index in [2.05, 4.69) is 21.2 Å². The van der Waals surface area contributed by atoms with Gasteiger partial charge < -0.3 is 14.6 Å². The number of hydrogen-bond donors (Lipinski definition) is 2. The third kappa shape index (κ3) is 5.65. The van der Waals surface area contributed by atoms with E-state index in [9.17, 15) is 19.2 Å². The highest BCUT2D eigenvalue weighted by molar-refractivity contribution is 9.10. The number of nitrogens with one attached hydrogen (secondary N) is 1. The van der Waals surface area contributed by atoms with Gasteiger partial charge in [-0.1, -0.05) is 29.8 Å². The van der Waals surface area contributed by atoms with Crippen LogP contribution in [-0.4, -0.2) is 36.0 Å². The van der Waals surface area contributed by atoms with Crippen molar-refractivity contribution in [3.8, 4) is 11.5 Å². The Balaban J connectivity index is 1.61. The van der Waals surface area contributed by atoms with Gasteiger partial charge in [-0.2, -0.15) is 0 Å². The van der Waals surface area contributed by atoms with E-state index < -0.39 is 23.8 Å². The van der Waals surface area contributed by atoms with Crippen molar-refractivity contribution < 1.29 is 33.8 Å². The molecule has 3 aromatic rings. The van der Waals surface area contributed by atoms with Crippen LogP contribution >= 0.6 is 27.5 Å². The molecule has 0 spiro atoms. The molecule has 1 fully saturated rings. The predicted octanol–water partition coefficient (Wildman–Crippen LogP) is 5.05. The molecule has 2 N–H and O–H groups in total. The fourth-order valence-corrected chi connectivity index (χ4v) is 4.29. The maximum absolute atomic E-state index is 13.1. The second-order valence-corrected chi connectivity index (χ2v) is 9.05. The molecule has 11 heteroatoms. The molecule has 0 aromatic heterocycles. The number of aromatic carboxylic acids is 1. The third-order valence-corrected chi connectivity index (χ3v) is 6.14. The fourth-order valence-electron chi connectivity index (χ4n) is 3.54. The molecule has 37 heavy (non-hydrogen) atoms. The lowest BCUT2D eigenvalue weighted by Crippen LogP contribution is -2.54. The van der Waals surface area contributed by atoms with Gasteiger partial charge in [-0.05, 0) is 75.6 Å². The monoisotopic (exact) mass is 584 g/mol. The number of carboxylic acid groups (broad SMARTS) is 1. The number of methoxy groups -OCH3 is 1. The summed E-state index contributed by atoms with van der Waals surface area (Å²) in [7, 11) is 1.44. The molecule has 3 aromatic carbocycles. The molecule has 1 aliphatic rings. The van der Waals surface area contributed by atoms with Gasteiger partial charge in [0.05, 0.1) is 22.8 Å². The number of imide groups is 2. The smallest absolute Gasteiger partial charge is 0.335 e. The van der Waals surface area contributed by atoms with E-state index in [0.717, 1.165) is 10.5 Å². The van der Waals surface area contributed by atoms with Gasteiger partial charge in [0, 0.05) is 5.02 Å². The Morgan fingerprint density at radius 1 is 1.11 bits per heavy atom. The molecule has 9 nitrogen and oxygen atoms in total. The molecule has 0 bridgehead atoms. The van der Waals surface area contributed by atoms with E-state index in [-0.39, 0.29) is 23.4 Å². The molecule has 1 heterocycles. The average Bonchev–Trinajstić information content (AvgIpc) is 2.85. The van der Waals surface area contributed by atoms with Crippen LogP contribution in [-0.2, 0) is 16.2 Å². The summed E-state index contributed by atoms with van der Waals surface area (Å²) in [5.74, 6) is -1.99. The molecule has 4 amide bonds. The quantitative estimate of drug-likeness (QED) is 0.294. The lowest BCUT2D eigenvalue weighted by molar-refractivity contribution is -0.122. The zero-order chi connectivity index (χ0) is 26.7. The SMILES string of the molecule is COc1cc(/C=C2\C(=O)NC(=O)N(c3cccc(Cl)c3)C2=O)cc(Br)c1OCc1ccc(C(=O)O)cc1. The van der Waals surface area contributed by atoms with Crippen LogP contribution in [0.15, 0.2) is 70.7 Å². The summed E-state index contributed by atoms with van der Waals surface area (Å²) in [6.07, 6.45) is 1.34. The number of rotatable bonds is 7. The van der Waals surface area contributed by atoms with Crippen LogP contribution in [0.2, 0.25) is 5.02 Å². The minimum absolute atomic E-state index is 0.132. The molecule has 188 valence electrons. The van der Waals surface area contributed by atoms with Crippen molar-refractivity contribution in [2.45, 2.75) is 6.61 Å². The fraction of sp³-hybridized carbons (Fsp3) is 0.0769. The van der Waals surface area contributed by atoms with Crippen LogP contribution in [0, 0.1) is 0 Å². The standard InChI is InChI=1S/C26H18BrClN2O7/c1-36-21-11-15(10-20(27)22(21)37-13-14-5-7-16(8-6-14)25(33)34)9-19-23(31)29-26(35)30(24(19)32)18-4-2-3-17(28)12-18/h2-12H,13H2,1H3,(H,33,34)(H,29,31,35)/b19-9+. The molecule has 0 aliphatic carbocycles. The van der Waals surface area contributed by atoms with Crippen molar-refractivity contribution in [3.05, 3.63) is 92.4 Å². The topological polar surface area (TPSA) is 122 Å². The highest BCUT2D eigenvalue weighted by atomic mass is 79.9. The number of nitrogens with zero attached hydrogens (tertiary/aromatic N) is 1. The highest BCUT2D eigenvalue weighted by Crippen LogP contribution is 2.38. The van der Waals surface area contributed by atoms with Gasteiger partial charge >= 0.3 is 12.0 Å². The highest BCUT2D eigenvalue weighted by Gasteiger charge is 2.37. The maximum Gasteiger partial charge on any atom is 0.335 e.